The van der Waals surface area contributed by atoms with E-state index < -0.39 is 0 Å². The maximum atomic E-state index is 9.95. The number of aryl methyl sites for hydroxylation is 1. The highest BCUT2D eigenvalue weighted by Crippen LogP contribution is 2.60. The van der Waals surface area contributed by atoms with Gasteiger partial charge in [0.05, 0.1) is 11.1 Å². The predicted molar refractivity (Wildman–Crippen MR) is 110 cm³/mol. The molecular formula is C25H34N2. The summed E-state index contributed by atoms with van der Waals surface area (Å²) in [5.74, 6) is 0. The molecule has 27 heavy (non-hydrogen) atoms. The Kier molecular flexibility index (Phi) is 6.26. The van der Waals surface area contributed by atoms with Gasteiger partial charge in [0, 0.05) is 0 Å². The Morgan fingerprint density at radius 3 is 2.00 bits per heavy atom. The lowest BCUT2D eigenvalue weighted by Gasteiger charge is -2.54. The van der Waals surface area contributed by atoms with Crippen LogP contribution in [0, 0.1) is 28.1 Å². The summed E-state index contributed by atoms with van der Waals surface area (Å²) >= 11 is 0. The van der Waals surface area contributed by atoms with Crippen molar-refractivity contribution in [3.8, 4) is 12.1 Å². The third-order valence-electron chi connectivity index (χ3n) is 7.60. The Morgan fingerprint density at radius 2 is 1.44 bits per heavy atom. The molecule has 3 fully saturated rings. The third-order valence-corrected chi connectivity index (χ3v) is 7.60. The molecule has 0 saturated heterocycles. The molecule has 2 heteroatoms. The lowest BCUT2D eigenvalue weighted by molar-refractivity contribution is 0.0307. The molecule has 2 nitrogen and oxygen atoms in total. The van der Waals surface area contributed by atoms with Gasteiger partial charge in [-0.25, -0.2) is 0 Å². The second-order valence-corrected chi connectivity index (χ2v) is 9.09. The number of fused-ring (bicyclic) bond motifs is 3. The van der Waals surface area contributed by atoms with E-state index in [0.717, 1.165) is 18.4 Å². The van der Waals surface area contributed by atoms with Crippen LogP contribution in [0.2, 0.25) is 0 Å². The van der Waals surface area contributed by atoms with Gasteiger partial charge in [-0.15, -0.1) is 0 Å². The molecule has 0 spiro atoms. The lowest BCUT2D eigenvalue weighted by atomic mass is 9.50. The number of nitrogens with zero attached hydrogens (tertiary/aromatic N) is 2. The van der Waals surface area contributed by atoms with Crippen molar-refractivity contribution in [3.63, 3.8) is 0 Å². The smallest absolute Gasteiger partial charge is 0.101 e. The van der Waals surface area contributed by atoms with Gasteiger partial charge in [0.1, 0.15) is 12.1 Å². The van der Waals surface area contributed by atoms with Gasteiger partial charge >= 0.3 is 0 Å². The van der Waals surface area contributed by atoms with Crippen LogP contribution in [0.3, 0.4) is 0 Å². The first-order chi connectivity index (χ1) is 13.1. The third kappa shape index (κ3) is 3.78. The molecule has 1 aromatic rings. The molecule has 0 heterocycles. The minimum atomic E-state index is 0.145. The number of hydrogen-bond acceptors (Lipinski definition) is 2. The van der Waals surface area contributed by atoms with Crippen molar-refractivity contribution < 1.29 is 0 Å². The van der Waals surface area contributed by atoms with Crippen LogP contribution in [0.1, 0.15) is 113 Å². The molecular weight excluding hydrogens is 328 g/mol. The molecule has 3 aliphatic carbocycles. The van der Waals surface area contributed by atoms with E-state index in [1.54, 1.807) is 0 Å². The summed E-state index contributed by atoms with van der Waals surface area (Å²) in [5.41, 5.74) is 4.33. The van der Waals surface area contributed by atoms with E-state index in [1.807, 2.05) is 0 Å². The second-order valence-electron chi connectivity index (χ2n) is 9.09. The van der Waals surface area contributed by atoms with Crippen molar-refractivity contribution in [2.24, 2.45) is 5.41 Å². The minimum Gasteiger partial charge on any atom is -0.192 e. The fourth-order valence-corrected chi connectivity index (χ4v) is 5.70. The van der Waals surface area contributed by atoms with E-state index in [4.69, 9.17) is 0 Å². The predicted octanol–water partition coefficient (Wildman–Crippen LogP) is 6.94. The maximum Gasteiger partial charge on any atom is 0.101 e. The monoisotopic (exact) mass is 362 g/mol. The SMILES string of the molecule is CCCCCc1ccc(C23CCC(CCCC)(CC2)CC3)c(C#N)c1C#N. The fourth-order valence-electron chi connectivity index (χ4n) is 5.70. The molecule has 0 unspecified atom stereocenters. The lowest BCUT2D eigenvalue weighted by Crippen LogP contribution is -2.44. The van der Waals surface area contributed by atoms with Crippen molar-refractivity contribution in [3.05, 3.63) is 34.4 Å². The molecule has 0 atom stereocenters. The average Bonchev–Trinajstić information content (AvgIpc) is 2.73. The molecule has 2 bridgehead atoms. The molecule has 0 N–H and O–H groups in total. The molecule has 0 aromatic heterocycles. The van der Waals surface area contributed by atoms with Crippen LogP contribution < -0.4 is 0 Å². The van der Waals surface area contributed by atoms with Crippen molar-refractivity contribution in [1.82, 2.24) is 0 Å². The minimum absolute atomic E-state index is 0.145. The van der Waals surface area contributed by atoms with Crippen molar-refractivity contribution in [1.29, 1.82) is 10.5 Å². The summed E-state index contributed by atoms with van der Waals surface area (Å²) in [4.78, 5) is 0. The van der Waals surface area contributed by atoms with Gasteiger partial charge in [-0.1, -0.05) is 51.7 Å². The van der Waals surface area contributed by atoms with E-state index in [1.165, 1.54) is 76.2 Å². The molecule has 0 radical (unpaired) electrons. The summed E-state index contributed by atoms with van der Waals surface area (Å²) in [5, 5.41) is 19.8. The van der Waals surface area contributed by atoms with E-state index in [-0.39, 0.29) is 5.41 Å². The van der Waals surface area contributed by atoms with Gasteiger partial charge in [-0.2, -0.15) is 10.5 Å². The topological polar surface area (TPSA) is 47.6 Å². The van der Waals surface area contributed by atoms with E-state index >= 15 is 0 Å². The van der Waals surface area contributed by atoms with Crippen LogP contribution in [-0.2, 0) is 11.8 Å². The molecule has 3 aliphatic rings. The summed E-state index contributed by atoms with van der Waals surface area (Å²) < 4.78 is 0. The van der Waals surface area contributed by atoms with Crippen LogP contribution in [0.15, 0.2) is 12.1 Å². The zero-order valence-electron chi connectivity index (χ0n) is 17.2. The first-order valence-electron chi connectivity index (χ1n) is 11.1. The van der Waals surface area contributed by atoms with Crippen molar-refractivity contribution in [2.45, 2.75) is 103 Å². The van der Waals surface area contributed by atoms with Gasteiger partial charge in [0.25, 0.3) is 0 Å². The zero-order valence-corrected chi connectivity index (χ0v) is 17.2. The van der Waals surface area contributed by atoms with E-state index in [2.05, 4.69) is 38.1 Å². The van der Waals surface area contributed by atoms with E-state index in [9.17, 15) is 10.5 Å². The van der Waals surface area contributed by atoms with Crippen LogP contribution in [-0.4, -0.2) is 0 Å². The Balaban J connectivity index is 1.88. The molecule has 1 aromatic carbocycles. The van der Waals surface area contributed by atoms with Gasteiger partial charge < -0.3 is 0 Å². The van der Waals surface area contributed by atoms with Gasteiger partial charge in [0.15, 0.2) is 0 Å². The number of hydrogen-bond donors (Lipinski definition) is 0. The number of rotatable bonds is 8. The quantitative estimate of drug-likeness (QED) is 0.470. The van der Waals surface area contributed by atoms with Gasteiger partial charge in [0.2, 0.25) is 0 Å². The molecule has 4 rings (SSSR count). The van der Waals surface area contributed by atoms with Crippen LogP contribution in [0.25, 0.3) is 0 Å². The fraction of sp³-hybridized carbons (Fsp3) is 0.680. The Labute approximate surface area is 165 Å². The zero-order chi connectivity index (χ0) is 19.3. The molecule has 3 saturated carbocycles. The Hall–Kier alpha value is -1.80. The standard InChI is InChI=1S/C25H34N2/c1-3-5-7-8-20-9-10-23(22(19-27)21(20)18-26)25-15-12-24(13-16-25,14-17-25)11-6-4-2/h9-10H,3-8,11-17H2,1-2H3. The van der Waals surface area contributed by atoms with Crippen molar-refractivity contribution >= 4 is 0 Å². The number of benzene rings is 1. The molecule has 0 amide bonds. The second kappa shape index (κ2) is 8.48. The average molecular weight is 363 g/mol. The van der Waals surface area contributed by atoms with E-state index in [0.29, 0.717) is 16.5 Å². The first-order valence-corrected chi connectivity index (χ1v) is 11.1. The largest absolute Gasteiger partial charge is 0.192 e. The highest BCUT2D eigenvalue weighted by atomic mass is 14.5. The van der Waals surface area contributed by atoms with Crippen LogP contribution in [0.5, 0.6) is 0 Å². The molecule has 144 valence electrons. The maximum absolute atomic E-state index is 9.95. The van der Waals surface area contributed by atoms with Crippen LogP contribution >= 0.6 is 0 Å². The number of nitriles is 2. The molecule has 0 aliphatic heterocycles. The summed E-state index contributed by atoms with van der Waals surface area (Å²) in [6.07, 6.45) is 15.9. The Morgan fingerprint density at radius 1 is 0.815 bits per heavy atom. The van der Waals surface area contributed by atoms with Gasteiger partial charge in [-0.05, 0) is 79.7 Å². The normalized spacial score (nSPS) is 26.5. The number of unbranched alkanes of at least 4 members (excludes halogenated alkanes) is 3. The summed E-state index contributed by atoms with van der Waals surface area (Å²) in [6, 6.07) is 9.20. The summed E-state index contributed by atoms with van der Waals surface area (Å²) in [7, 11) is 0. The Bertz CT molecular complexity index is 722. The van der Waals surface area contributed by atoms with Crippen molar-refractivity contribution in [2.75, 3.05) is 0 Å². The highest BCUT2D eigenvalue weighted by molar-refractivity contribution is 5.57. The van der Waals surface area contributed by atoms with Gasteiger partial charge in [-0.3, -0.25) is 0 Å². The van der Waals surface area contributed by atoms with Crippen LogP contribution in [0.4, 0.5) is 0 Å². The summed E-state index contributed by atoms with van der Waals surface area (Å²) in [6.45, 7) is 4.48. The highest BCUT2D eigenvalue weighted by Gasteiger charge is 2.49. The first kappa shape index (κ1) is 19.9.